The molecule has 9 heteroatoms. The lowest BCUT2D eigenvalue weighted by Crippen LogP contribution is -2.20. The van der Waals surface area contributed by atoms with Crippen LogP contribution in [0.25, 0.3) is 11.1 Å². The standard InChI is InChI=1S/C21H18ClF3N4O/c1-12-18(27-7-6-19(12)30-11-21(23,24)25)10-29-14(3)20(13(2)28-29)15-4-5-16(9-26)17(22)8-15/h4-8H,10-11H2,1-3H3. The average Bonchev–Trinajstić information content (AvgIpc) is 2.95. The smallest absolute Gasteiger partial charge is 0.422 e. The molecule has 1 aromatic carbocycles. The van der Waals surface area contributed by atoms with Gasteiger partial charge in [0, 0.05) is 23.0 Å². The minimum Gasteiger partial charge on any atom is -0.484 e. The predicted octanol–water partition coefficient (Wildman–Crippen LogP) is 5.38. The highest BCUT2D eigenvalue weighted by Gasteiger charge is 2.29. The Morgan fingerprint density at radius 2 is 1.93 bits per heavy atom. The van der Waals surface area contributed by atoms with E-state index in [9.17, 15) is 13.2 Å². The number of aryl methyl sites for hydroxylation is 1. The zero-order chi connectivity index (χ0) is 22.1. The van der Waals surface area contributed by atoms with Crippen molar-refractivity contribution in [2.24, 2.45) is 0 Å². The molecule has 5 nitrogen and oxygen atoms in total. The van der Waals surface area contributed by atoms with Crippen molar-refractivity contribution >= 4 is 11.6 Å². The van der Waals surface area contributed by atoms with Gasteiger partial charge < -0.3 is 4.74 Å². The van der Waals surface area contributed by atoms with E-state index in [0.29, 0.717) is 21.8 Å². The van der Waals surface area contributed by atoms with E-state index in [0.717, 1.165) is 22.5 Å². The quantitative estimate of drug-likeness (QED) is 0.540. The van der Waals surface area contributed by atoms with Gasteiger partial charge in [0.2, 0.25) is 0 Å². The Bertz CT molecular complexity index is 1130. The molecule has 0 amide bonds. The second-order valence-corrected chi connectivity index (χ2v) is 7.20. The fourth-order valence-electron chi connectivity index (χ4n) is 3.21. The molecule has 0 saturated heterocycles. The number of rotatable bonds is 5. The molecule has 0 spiro atoms. The summed E-state index contributed by atoms with van der Waals surface area (Å²) in [5.41, 5.74) is 4.78. The molecule has 2 aromatic heterocycles. The van der Waals surface area contributed by atoms with Crippen molar-refractivity contribution in [3.8, 4) is 22.9 Å². The maximum absolute atomic E-state index is 12.5. The lowest BCUT2D eigenvalue weighted by Gasteiger charge is -2.14. The number of hydrogen-bond acceptors (Lipinski definition) is 4. The average molecular weight is 435 g/mol. The van der Waals surface area contributed by atoms with E-state index in [1.165, 1.54) is 12.3 Å². The van der Waals surface area contributed by atoms with Crippen LogP contribution >= 0.6 is 11.6 Å². The fourth-order valence-corrected chi connectivity index (χ4v) is 3.43. The van der Waals surface area contributed by atoms with Crippen molar-refractivity contribution in [3.05, 3.63) is 63.7 Å². The molecule has 30 heavy (non-hydrogen) atoms. The topological polar surface area (TPSA) is 63.7 Å². The molecule has 0 atom stereocenters. The van der Waals surface area contributed by atoms with E-state index in [-0.39, 0.29) is 12.3 Å². The van der Waals surface area contributed by atoms with Crippen LogP contribution in [0.1, 0.15) is 28.2 Å². The van der Waals surface area contributed by atoms with E-state index >= 15 is 0 Å². The number of alkyl halides is 3. The molecule has 3 aromatic rings. The normalized spacial score (nSPS) is 11.4. The Balaban J connectivity index is 1.92. The van der Waals surface area contributed by atoms with Crippen molar-refractivity contribution in [1.29, 1.82) is 5.26 Å². The fraction of sp³-hybridized carbons (Fsp3) is 0.286. The maximum atomic E-state index is 12.5. The first-order chi connectivity index (χ1) is 14.1. The minimum absolute atomic E-state index is 0.137. The molecule has 0 saturated carbocycles. The summed E-state index contributed by atoms with van der Waals surface area (Å²) < 4.78 is 44.1. The molecule has 0 bridgehead atoms. The van der Waals surface area contributed by atoms with Crippen molar-refractivity contribution in [3.63, 3.8) is 0 Å². The largest absolute Gasteiger partial charge is 0.484 e. The van der Waals surface area contributed by atoms with Gasteiger partial charge in [0.25, 0.3) is 0 Å². The van der Waals surface area contributed by atoms with Gasteiger partial charge in [0.15, 0.2) is 6.61 Å². The zero-order valence-electron chi connectivity index (χ0n) is 16.5. The Kier molecular flexibility index (Phi) is 6.04. The molecule has 0 radical (unpaired) electrons. The SMILES string of the molecule is Cc1nn(Cc2nccc(OCC(F)(F)F)c2C)c(C)c1-c1ccc(C#N)c(Cl)c1. The molecule has 156 valence electrons. The van der Waals surface area contributed by atoms with Crippen LogP contribution in [0.2, 0.25) is 5.02 Å². The molecule has 2 heterocycles. The number of hydrogen-bond donors (Lipinski definition) is 0. The molecular formula is C21H18ClF3N4O. The molecule has 0 aliphatic rings. The number of nitrogens with zero attached hydrogens (tertiary/aromatic N) is 4. The Hall–Kier alpha value is -3.05. The third kappa shape index (κ3) is 4.57. The summed E-state index contributed by atoms with van der Waals surface area (Å²) in [4.78, 5) is 4.29. The monoisotopic (exact) mass is 434 g/mol. The van der Waals surface area contributed by atoms with Crippen LogP contribution in [-0.2, 0) is 6.54 Å². The van der Waals surface area contributed by atoms with E-state index in [1.54, 1.807) is 29.8 Å². The number of pyridine rings is 1. The molecule has 0 unspecified atom stereocenters. The summed E-state index contributed by atoms with van der Waals surface area (Å²) in [7, 11) is 0. The van der Waals surface area contributed by atoms with E-state index in [4.69, 9.17) is 21.6 Å². The summed E-state index contributed by atoms with van der Waals surface area (Å²) in [5.74, 6) is 0.137. The molecule has 0 aliphatic carbocycles. The van der Waals surface area contributed by atoms with Crippen molar-refractivity contribution in [2.75, 3.05) is 6.61 Å². The van der Waals surface area contributed by atoms with Crippen molar-refractivity contribution in [1.82, 2.24) is 14.8 Å². The predicted molar refractivity (Wildman–Crippen MR) is 106 cm³/mol. The van der Waals surface area contributed by atoms with Gasteiger partial charge in [-0.05, 0) is 44.5 Å². The lowest BCUT2D eigenvalue weighted by atomic mass is 10.0. The van der Waals surface area contributed by atoms with Gasteiger partial charge in [-0.15, -0.1) is 0 Å². The highest BCUT2D eigenvalue weighted by Crippen LogP contribution is 2.31. The van der Waals surface area contributed by atoms with Crippen LogP contribution in [0, 0.1) is 32.1 Å². The third-order valence-electron chi connectivity index (χ3n) is 4.71. The number of aromatic nitrogens is 3. The van der Waals surface area contributed by atoms with Crippen LogP contribution in [0.15, 0.2) is 30.5 Å². The minimum atomic E-state index is -4.41. The second kappa shape index (κ2) is 8.36. The van der Waals surface area contributed by atoms with Gasteiger partial charge in [0.05, 0.1) is 28.5 Å². The van der Waals surface area contributed by atoms with Gasteiger partial charge in [0.1, 0.15) is 11.8 Å². The number of halogens is 4. The van der Waals surface area contributed by atoms with Gasteiger partial charge in [-0.1, -0.05) is 17.7 Å². The van der Waals surface area contributed by atoms with E-state index < -0.39 is 12.8 Å². The van der Waals surface area contributed by atoms with Crippen molar-refractivity contribution < 1.29 is 17.9 Å². The summed E-state index contributed by atoms with van der Waals surface area (Å²) in [6.45, 7) is 4.32. The number of benzene rings is 1. The molecular weight excluding hydrogens is 417 g/mol. The zero-order valence-corrected chi connectivity index (χ0v) is 17.3. The summed E-state index contributed by atoms with van der Waals surface area (Å²) >= 11 is 6.17. The number of nitriles is 1. The maximum Gasteiger partial charge on any atom is 0.422 e. The lowest BCUT2D eigenvalue weighted by molar-refractivity contribution is -0.153. The Morgan fingerprint density at radius 1 is 1.20 bits per heavy atom. The van der Waals surface area contributed by atoms with Crippen LogP contribution < -0.4 is 4.74 Å². The molecule has 0 N–H and O–H groups in total. The van der Waals surface area contributed by atoms with E-state index in [2.05, 4.69) is 10.1 Å². The molecule has 3 rings (SSSR count). The summed E-state index contributed by atoms with van der Waals surface area (Å²) in [6.07, 6.45) is -3.00. The number of ether oxygens (including phenoxy) is 1. The molecule has 0 fully saturated rings. The van der Waals surface area contributed by atoms with Crippen LogP contribution in [-0.4, -0.2) is 27.5 Å². The summed E-state index contributed by atoms with van der Waals surface area (Å²) in [6, 6.07) is 8.62. The van der Waals surface area contributed by atoms with Gasteiger partial charge in [-0.25, -0.2) is 0 Å². The third-order valence-corrected chi connectivity index (χ3v) is 5.02. The van der Waals surface area contributed by atoms with Gasteiger partial charge in [-0.2, -0.15) is 23.5 Å². The van der Waals surface area contributed by atoms with Crippen molar-refractivity contribution in [2.45, 2.75) is 33.5 Å². The van der Waals surface area contributed by atoms with Crippen LogP contribution in [0.3, 0.4) is 0 Å². The summed E-state index contributed by atoms with van der Waals surface area (Å²) in [5, 5.41) is 14.0. The Morgan fingerprint density at radius 3 is 2.57 bits per heavy atom. The molecule has 0 aliphatic heterocycles. The second-order valence-electron chi connectivity index (χ2n) is 6.79. The first-order valence-electron chi connectivity index (χ1n) is 8.98. The Labute approximate surface area is 176 Å². The highest BCUT2D eigenvalue weighted by molar-refractivity contribution is 6.32. The van der Waals surface area contributed by atoms with Gasteiger partial charge in [-0.3, -0.25) is 9.67 Å². The van der Waals surface area contributed by atoms with Gasteiger partial charge >= 0.3 is 6.18 Å². The van der Waals surface area contributed by atoms with E-state index in [1.807, 2.05) is 19.9 Å². The van der Waals surface area contributed by atoms with Crippen LogP contribution in [0.4, 0.5) is 13.2 Å². The van der Waals surface area contributed by atoms with Crippen LogP contribution in [0.5, 0.6) is 5.75 Å². The highest BCUT2D eigenvalue weighted by atomic mass is 35.5. The first-order valence-corrected chi connectivity index (χ1v) is 9.36. The first kappa shape index (κ1) is 21.7.